The number of likely N-dealkylation sites (tertiary alicyclic amines) is 1. The van der Waals surface area contributed by atoms with Gasteiger partial charge in [0.25, 0.3) is 0 Å². The molecule has 2 rings (SSSR count). The van der Waals surface area contributed by atoms with E-state index in [-0.39, 0.29) is 24.6 Å². The minimum absolute atomic E-state index is 0.0274. The van der Waals surface area contributed by atoms with Gasteiger partial charge in [0.1, 0.15) is 5.75 Å². The van der Waals surface area contributed by atoms with Gasteiger partial charge in [0.05, 0.1) is 30.5 Å². The first kappa shape index (κ1) is 15.9. The Labute approximate surface area is 129 Å². The van der Waals surface area contributed by atoms with E-state index in [0.29, 0.717) is 23.0 Å². The minimum atomic E-state index is -0.240. The lowest BCUT2D eigenvalue weighted by Crippen LogP contribution is -2.51. The average Bonchev–Trinajstić information content (AvgIpc) is 2.49. The zero-order chi connectivity index (χ0) is 15.4. The summed E-state index contributed by atoms with van der Waals surface area (Å²) in [7, 11) is 1.56. The number of ether oxygens (including phenoxy) is 1. The lowest BCUT2D eigenvalue weighted by atomic mass is 9.91. The van der Waals surface area contributed by atoms with E-state index in [1.165, 1.54) is 0 Å². The maximum atomic E-state index is 12.4. The highest BCUT2D eigenvalue weighted by molar-refractivity contribution is 6.33. The number of piperidine rings is 1. The number of methoxy groups -OCH3 is 1. The van der Waals surface area contributed by atoms with E-state index in [1.807, 2.05) is 0 Å². The second-order valence-electron chi connectivity index (χ2n) is 5.34. The highest BCUT2D eigenvalue weighted by atomic mass is 35.5. The number of carbonyl (C=O) groups is 1. The standard InChI is InChI=1S/C15H21ClN2O3/c1-10-4-3-7-18(14(10)9-19)15(20)17-13-8-11(21-2)5-6-12(13)16/h5-6,8,10,14,19H,3-4,7,9H2,1-2H3,(H,17,20). The number of urea groups is 1. The van der Waals surface area contributed by atoms with Crippen molar-refractivity contribution in [3.8, 4) is 5.75 Å². The first-order valence-electron chi connectivity index (χ1n) is 7.08. The van der Waals surface area contributed by atoms with Gasteiger partial charge in [-0.25, -0.2) is 4.79 Å². The molecule has 0 spiro atoms. The molecule has 0 saturated carbocycles. The Hall–Kier alpha value is -1.46. The van der Waals surface area contributed by atoms with E-state index in [0.717, 1.165) is 12.8 Å². The number of carbonyl (C=O) groups excluding carboxylic acids is 1. The Bertz CT molecular complexity index is 510. The summed E-state index contributed by atoms with van der Waals surface area (Å²) >= 11 is 6.10. The molecule has 1 fully saturated rings. The third-order valence-electron chi connectivity index (χ3n) is 3.98. The van der Waals surface area contributed by atoms with Gasteiger partial charge in [0.2, 0.25) is 0 Å². The molecular formula is C15H21ClN2O3. The molecule has 0 radical (unpaired) electrons. The Kier molecular flexibility index (Phi) is 5.31. The fraction of sp³-hybridized carbons (Fsp3) is 0.533. The number of aliphatic hydroxyl groups excluding tert-OH is 1. The van der Waals surface area contributed by atoms with Crippen LogP contribution >= 0.6 is 11.6 Å². The quantitative estimate of drug-likeness (QED) is 0.902. The number of amides is 2. The summed E-state index contributed by atoms with van der Waals surface area (Å²) in [5.74, 6) is 0.913. The lowest BCUT2D eigenvalue weighted by Gasteiger charge is -2.38. The predicted molar refractivity (Wildman–Crippen MR) is 83.0 cm³/mol. The highest BCUT2D eigenvalue weighted by Crippen LogP contribution is 2.28. The first-order chi connectivity index (χ1) is 10.1. The van der Waals surface area contributed by atoms with Crippen LogP contribution in [0.5, 0.6) is 5.75 Å². The third kappa shape index (κ3) is 3.60. The van der Waals surface area contributed by atoms with Gasteiger partial charge in [-0.1, -0.05) is 18.5 Å². The number of hydrogen-bond acceptors (Lipinski definition) is 3. The van der Waals surface area contributed by atoms with Crippen LogP contribution in [-0.2, 0) is 0 Å². The van der Waals surface area contributed by atoms with Crippen molar-refractivity contribution in [3.05, 3.63) is 23.2 Å². The number of nitrogens with one attached hydrogen (secondary N) is 1. The van der Waals surface area contributed by atoms with Gasteiger partial charge in [0, 0.05) is 12.6 Å². The molecule has 0 aromatic heterocycles. The SMILES string of the molecule is COc1ccc(Cl)c(NC(=O)N2CCCC(C)C2CO)c1. The van der Waals surface area contributed by atoms with E-state index >= 15 is 0 Å². The monoisotopic (exact) mass is 312 g/mol. The van der Waals surface area contributed by atoms with Crippen molar-refractivity contribution in [1.82, 2.24) is 4.90 Å². The fourth-order valence-corrected chi connectivity index (χ4v) is 2.86. The van der Waals surface area contributed by atoms with Crippen molar-refractivity contribution in [2.75, 3.05) is 25.6 Å². The van der Waals surface area contributed by atoms with E-state index < -0.39 is 0 Å². The molecule has 0 bridgehead atoms. The summed E-state index contributed by atoms with van der Waals surface area (Å²) in [6.45, 7) is 2.67. The topological polar surface area (TPSA) is 61.8 Å². The number of anilines is 1. The van der Waals surface area contributed by atoms with Crippen molar-refractivity contribution in [2.45, 2.75) is 25.8 Å². The van der Waals surface area contributed by atoms with Crippen LogP contribution in [0.2, 0.25) is 5.02 Å². The molecule has 2 amide bonds. The van der Waals surface area contributed by atoms with Crippen molar-refractivity contribution in [3.63, 3.8) is 0 Å². The van der Waals surface area contributed by atoms with Crippen LogP contribution in [0.1, 0.15) is 19.8 Å². The third-order valence-corrected chi connectivity index (χ3v) is 4.31. The molecule has 2 unspecified atom stereocenters. The second-order valence-corrected chi connectivity index (χ2v) is 5.75. The van der Waals surface area contributed by atoms with Crippen LogP contribution in [0.15, 0.2) is 18.2 Å². The van der Waals surface area contributed by atoms with E-state index in [2.05, 4.69) is 12.2 Å². The summed E-state index contributed by atoms with van der Waals surface area (Å²) in [5, 5.41) is 12.8. The van der Waals surface area contributed by atoms with E-state index in [4.69, 9.17) is 16.3 Å². The summed E-state index contributed by atoms with van der Waals surface area (Å²) in [4.78, 5) is 14.1. The molecule has 1 aliphatic heterocycles. The number of nitrogens with zero attached hydrogens (tertiary/aromatic N) is 1. The summed E-state index contributed by atoms with van der Waals surface area (Å²) < 4.78 is 5.13. The Morgan fingerprint density at radius 3 is 3.00 bits per heavy atom. The molecule has 6 heteroatoms. The summed E-state index contributed by atoms with van der Waals surface area (Å²) in [6.07, 6.45) is 1.96. The van der Waals surface area contributed by atoms with Crippen LogP contribution < -0.4 is 10.1 Å². The van der Waals surface area contributed by atoms with Crippen molar-refractivity contribution in [1.29, 1.82) is 0 Å². The predicted octanol–water partition coefficient (Wildman–Crippen LogP) is 2.97. The normalized spacial score (nSPS) is 22.0. The highest BCUT2D eigenvalue weighted by Gasteiger charge is 2.31. The van der Waals surface area contributed by atoms with Gasteiger partial charge in [-0.15, -0.1) is 0 Å². The number of aliphatic hydroxyl groups is 1. The van der Waals surface area contributed by atoms with Crippen LogP contribution in [-0.4, -0.2) is 42.3 Å². The minimum Gasteiger partial charge on any atom is -0.497 e. The van der Waals surface area contributed by atoms with Gasteiger partial charge in [-0.3, -0.25) is 0 Å². The van der Waals surface area contributed by atoms with Crippen LogP contribution in [0.3, 0.4) is 0 Å². The Balaban J connectivity index is 2.13. The van der Waals surface area contributed by atoms with Crippen LogP contribution in [0.4, 0.5) is 10.5 Å². The molecule has 2 atom stereocenters. The Morgan fingerprint density at radius 2 is 2.33 bits per heavy atom. The molecule has 1 aromatic carbocycles. The molecule has 5 nitrogen and oxygen atoms in total. The van der Waals surface area contributed by atoms with Gasteiger partial charge < -0.3 is 20.1 Å². The van der Waals surface area contributed by atoms with E-state index in [9.17, 15) is 9.90 Å². The second kappa shape index (κ2) is 7.00. The van der Waals surface area contributed by atoms with Crippen molar-refractivity contribution >= 4 is 23.3 Å². The first-order valence-corrected chi connectivity index (χ1v) is 7.46. The van der Waals surface area contributed by atoms with Crippen LogP contribution in [0, 0.1) is 5.92 Å². The molecule has 1 aliphatic rings. The smallest absolute Gasteiger partial charge is 0.322 e. The molecule has 116 valence electrons. The van der Waals surface area contributed by atoms with Gasteiger partial charge >= 0.3 is 6.03 Å². The molecular weight excluding hydrogens is 292 g/mol. The number of hydrogen-bond donors (Lipinski definition) is 2. The van der Waals surface area contributed by atoms with Gasteiger partial charge in [-0.2, -0.15) is 0 Å². The van der Waals surface area contributed by atoms with Gasteiger partial charge in [0.15, 0.2) is 0 Å². The lowest BCUT2D eigenvalue weighted by molar-refractivity contribution is 0.0811. The molecule has 2 N–H and O–H groups in total. The fourth-order valence-electron chi connectivity index (χ4n) is 2.69. The van der Waals surface area contributed by atoms with E-state index in [1.54, 1.807) is 30.2 Å². The summed E-state index contributed by atoms with van der Waals surface area (Å²) in [5.41, 5.74) is 0.510. The molecule has 1 aromatic rings. The zero-order valence-electron chi connectivity index (χ0n) is 12.3. The van der Waals surface area contributed by atoms with Gasteiger partial charge in [-0.05, 0) is 30.9 Å². The number of halogens is 1. The van der Waals surface area contributed by atoms with Crippen molar-refractivity contribution in [2.24, 2.45) is 5.92 Å². The molecule has 21 heavy (non-hydrogen) atoms. The van der Waals surface area contributed by atoms with Crippen LogP contribution in [0.25, 0.3) is 0 Å². The van der Waals surface area contributed by atoms with Crippen molar-refractivity contribution < 1.29 is 14.6 Å². The number of rotatable bonds is 3. The molecule has 1 heterocycles. The maximum Gasteiger partial charge on any atom is 0.322 e. The largest absolute Gasteiger partial charge is 0.497 e. The zero-order valence-corrected chi connectivity index (χ0v) is 13.1. The molecule has 1 saturated heterocycles. The summed E-state index contributed by atoms with van der Waals surface area (Å²) in [6, 6.07) is 4.70. The molecule has 0 aliphatic carbocycles. The number of benzene rings is 1. The average molecular weight is 313 g/mol. The maximum absolute atomic E-state index is 12.4. The Morgan fingerprint density at radius 1 is 1.57 bits per heavy atom.